The molecule has 0 aliphatic carbocycles. The van der Waals surface area contributed by atoms with Gasteiger partial charge in [-0.3, -0.25) is 0 Å². The molecule has 4 heteroatoms. The van der Waals surface area contributed by atoms with E-state index in [1.54, 1.807) is 0 Å². The maximum absolute atomic E-state index is 12.0. The van der Waals surface area contributed by atoms with Gasteiger partial charge in [0.2, 0.25) is 0 Å². The van der Waals surface area contributed by atoms with Crippen LogP contribution in [0.5, 0.6) is 0 Å². The number of hydrogen-bond donors (Lipinski definition) is 1. The van der Waals surface area contributed by atoms with Crippen molar-refractivity contribution in [1.82, 2.24) is 9.88 Å². The van der Waals surface area contributed by atoms with Crippen LogP contribution in [0.3, 0.4) is 0 Å². The second-order valence-corrected chi connectivity index (χ2v) is 6.20. The lowest BCUT2D eigenvalue weighted by atomic mass is 10.0. The predicted octanol–water partition coefficient (Wildman–Crippen LogP) is 4.06. The quantitative estimate of drug-likeness (QED) is 0.639. The van der Waals surface area contributed by atoms with E-state index in [1.807, 2.05) is 18.2 Å². The van der Waals surface area contributed by atoms with E-state index in [1.165, 1.54) is 12.7 Å². The van der Waals surface area contributed by atoms with Crippen LogP contribution in [0.15, 0.2) is 54.8 Å². The van der Waals surface area contributed by atoms with Crippen LogP contribution in [0.2, 0.25) is 0 Å². The molecule has 1 aliphatic rings. The average molecular weight is 336 g/mol. The fourth-order valence-corrected chi connectivity index (χ4v) is 3.23. The first kappa shape index (κ1) is 17.1. The average Bonchev–Trinajstić information content (AvgIpc) is 3.03. The zero-order valence-corrected chi connectivity index (χ0v) is 14.8. The summed E-state index contributed by atoms with van der Waals surface area (Å²) in [6.45, 7) is 7.90. The molecule has 1 aliphatic heterocycles. The molecule has 1 aromatic heterocycles. The summed E-state index contributed by atoms with van der Waals surface area (Å²) in [5.41, 5.74) is 4.62. The van der Waals surface area contributed by atoms with Gasteiger partial charge >= 0.3 is 5.97 Å². The summed E-state index contributed by atoms with van der Waals surface area (Å²) < 4.78 is 4.85. The lowest BCUT2D eigenvalue weighted by molar-refractivity contribution is -0.133. The molecule has 0 unspecified atom stereocenters. The molecular formula is C21H24N2O2. The number of hydrogen-bond acceptors (Lipinski definition) is 3. The molecule has 1 N–H and O–H groups in total. The van der Waals surface area contributed by atoms with Crippen molar-refractivity contribution in [2.24, 2.45) is 0 Å². The van der Waals surface area contributed by atoms with Gasteiger partial charge < -0.3 is 14.6 Å². The zero-order chi connectivity index (χ0) is 17.8. The molecule has 130 valence electrons. The number of benzene rings is 1. The smallest absolute Gasteiger partial charge is 0.339 e. The molecule has 2 heterocycles. The lowest BCUT2D eigenvalue weighted by Gasteiger charge is -2.23. The molecule has 0 spiro atoms. The molecule has 0 bridgehead atoms. The number of para-hydroxylation sites is 1. The molecular weight excluding hydrogens is 312 g/mol. The summed E-state index contributed by atoms with van der Waals surface area (Å²) in [6.07, 6.45) is 8.47. The van der Waals surface area contributed by atoms with Crippen molar-refractivity contribution in [3.05, 3.63) is 66.0 Å². The summed E-state index contributed by atoms with van der Waals surface area (Å²) >= 11 is 0. The van der Waals surface area contributed by atoms with Crippen LogP contribution in [0.4, 0.5) is 0 Å². The normalized spacial score (nSPS) is 13.8. The molecule has 1 aromatic carbocycles. The van der Waals surface area contributed by atoms with Gasteiger partial charge in [-0.15, -0.1) is 0 Å². The largest absolute Gasteiger partial charge is 0.465 e. The number of nitrogens with zero attached hydrogens (tertiary/aromatic N) is 1. The second-order valence-electron chi connectivity index (χ2n) is 6.20. The highest BCUT2D eigenvalue weighted by molar-refractivity contribution is 6.16. The van der Waals surface area contributed by atoms with E-state index in [0.717, 1.165) is 48.1 Å². The first-order valence-corrected chi connectivity index (χ1v) is 8.62. The molecule has 25 heavy (non-hydrogen) atoms. The summed E-state index contributed by atoms with van der Waals surface area (Å²) in [5, 5.41) is 1.13. The van der Waals surface area contributed by atoms with Gasteiger partial charge in [-0.25, -0.2) is 4.79 Å². The van der Waals surface area contributed by atoms with Gasteiger partial charge in [0.15, 0.2) is 0 Å². The molecule has 2 aromatic rings. The van der Waals surface area contributed by atoms with Crippen LogP contribution < -0.4 is 0 Å². The van der Waals surface area contributed by atoms with E-state index in [4.69, 9.17) is 4.74 Å². The Morgan fingerprint density at radius 3 is 2.92 bits per heavy atom. The fourth-order valence-electron chi connectivity index (χ4n) is 3.23. The van der Waals surface area contributed by atoms with Crippen molar-refractivity contribution in [2.45, 2.75) is 19.8 Å². The predicted molar refractivity (Wildman–Crippen MR) is 102 cm³/mol. The molecule has 0 radical (unpaired) electrons. The Morgan fingerprint density at radius 1 is 1.36 bits per heavy atom. The number of methoxy groups -OCH3 is 1. The third kappa shape index (κ3) is 3.53. The van der Waals surface area contributed by atoms with Crippen molar-refractivity contribution < 1.29 is 9.53 Å². The molecule has 0 saturated heterocycles. The number of esters is 1. The highest BCUT2D eigenvalue weighted by Gasteiger charge is 2.19. The number of rotatable bonds is 6. The van der Waals surface area contributed by atoms with Crippen LogP contribution in [0, 0.1) is 0 Å². The molecule has 0 fully saturated rings. The SMILES string of the molecule is C=C(C(=O)OC)c1[nH]c2ccccc2c1CCN1C=C(CC)C=CC1. The van der Waals surface area contributed by atoms with Crippen molar-refractivity contribution in [1.29, 1.82) is 0 Å². The number of aromatic amines is 1. The van der Waals surface area contributed by atoms with Crippen LogP contribution in [-0.4, -0.2) is 36.1 Å². The number of H-pyrrole nitrogens is 1. The van der Waals surface area contributed by atoms with Crippen molar-refractivity contribution in [2.75, 3.05) is 20.2 Å². The Labute approximate surface area is 148 Å². The van der Waals surface area contributed by atoms with E-state index in [9.17, 15) is 4.79 Å². The Balaban J connectivity index is 1.89. The standard InChI is InChI=1S/C21H24N2O2/c1-4-16-8-7-12-23(14-16)13-11-18-17-9-5-6-10-19(17)22-20(18)15(2)21(24)25-3/h5-10,14,22H,2,4,11-13H2,1,3H3. The van der Waals surface area contributed by atoms with Gasteiger partial charge in [0, 0.05) is 30.2 Å². The number of nitrogens with one attached hydrogen (secondary N) is 1. The lowest BCUT2D eigenvalue weighted by Crippen LogP contribution is -2.23. The van der Waals surface area contributed by atoms with E-state index in [0.29, 0.717) is 5.57 Å². The van der Waals surface area contributed by atoms with Crippen molar-refractivity contribution in [3.63, 3.8) is 0 Å². The molecule has 0 atom stereocenters. The van der Waals surface area contributed by atoms with Gasteiger partial charge in [-0.2, -0.15) is 0 Å². The molecule has 3 rings (SSSR count). The van der Waals surface area contributed by atoms with E-state index < -0.39 is 5.97 Å². The minimum Gasteiger partial charge on any atom is -0.465 e. The van der Waals surface area contributed by atoms with Crippen LogP contribution in [0.25, 0.3) is 16.5 Å². The highest BCUT2D eigenvalue weighted by atomic mass is 16.5. The minimum absolute atomic E-state index is 0.372. The number of carbonyl (C=O) groups excluding carboxylic acids is 1. The monoisotopic (exact) mass is 336 g/mol. The minimum atomic E-state index is -0.401. The van der Waals surface area contributed by atoms with Crippen LogP contribution >= 0.6 is 0 Å². The third-order valence-corrected chi connectivity index (χ3v) is 4.62. The Morgan fingerprint density at radius 2 is 2.16 bits per heavy atom. The first-order chi connectivity index (χ1) is 12.1. The van der Waals surface area contributed by atoms with Gasteiger partial charge in [0.25, 0.3) is 0 Å². The number of allylic oxidation sites excluding steroid dienone is 2. The Hall–Kier alpha value is -2.75. The third-order valence-electron chi connectivity index (χ3n) is 4.62. The van der Waals surface area contributed by atoms with Crippen LogP contribution in [0.1, 0.15) is 24.6 Å². The molecule has 0 amide bonds. The molecule has 4 nitrogen and oxygen atoms in total. The Kier molecular flexibility index (Phi) is 5.08. The zero-order valence-electron chi connectivity index (χ0n) is 14.8. The molecule has 0 saturated carbocycles. The first-order valence-electron chi connectivity index (χ1n) is 8.62. The summed E-state index contributed by atoms with van der Waals surface area (Å²) in [7, 11) is 1.38. The number of fused-ring (bicyclic) bond motifs is 1. The fraction of sp³-hybridized carbons (Fsp3) is 0.286. The van der Waals surface area contributed by atoms with Crippen LogP contribution in [-0.2, 0) is 16.0 Å². The maximum atomic E-state index is 12.0. The maximum Gasteiger partial charge on any atom is 0.339 e. The summed E-state index contributed by atoms with van der Waals surface area (Å²) in [6, 6.07) is 8.10. The van der Waals surface area contributed by atoms with Gasteiger partial charge in [0.1, 0.15) is 0 Å². The second kappa shape index (κ2) is 7.43. The highest BCUT2D eigenvalue weighted by Crippen LogP contribution is 2.28. The van der Waals surface area contributed by atoms with Crippen molar-refractivity contribution in [3.8, 4) is 0 Å². The van der Waals surface area contributed by atoms with E-state index in [2.05, 4.69) is 47.8 Å². The summed E-state index contributed by atoms with van der Waals surface area (Å²) in [5.74, 6) is -0.401. The Bertz CT molecular complexity index is 858. The van der Waals surface area contributed by atoms with Gasteiger partial charge in [0.05, 0.1) is 18.4 Å². The summed E-state index contributed by atoms with van der Waals surface area (Å²) in [4.78, 5) is 17.6. The van der Waals surface area contributed by atoms with E-state index >= 15 is 0 Å². The van der Waals surface area contributed by atoms with Gasteiger partial charge in [-0.1, -0.05) is 43.9 Å². The number of aromatic nitrogens is 1. The van der Waals surface area contributed by atoms with Gasteiger partial charge in [-0.05, 0) is 30.0 Å². The van der Waals surface area contributed by atoms with Crippen molar-refractivity contribution >= 4 is 22.4 Å². The topological polar surface area (TPSA) is 45.3 Å². The number of ether oxygens (including phenoxy) is 1. The van der Waals surface area contributed by atoms with E-state index in [-0.39, 0.29) is 0 Å². The number of carbonyl (C=O) groups is 1.